The summed E-state index contributed by atoms with van der Waals surface area (Å²) in [5, 5.41) is 279. The van der Waals surface area contributed by atoms with Crippen molar-refractivity contribution in [3.8, 4) is 0 Å². The van der Waals surface area contributed by atoms with E-state index in [1.165, 1.54) is 0 Å². The second-order valence-electron chi connectivity index (χ2n) is 28.9. The van der Waals surface area contributed by atoms with Crippen molar-refractivity contribution < 1.29 is 227 Å². The molecule has 9 heterocycles. The standard InChI is InChI=1S/C64H106BrN5O46/c1-15(79)66-29-38(89)49(23(10-75)101-56(29)70-28(83)5-65)110-57-30(67-16(2)80)39(90)52(26(13-78)106-57)113-62-48(99)53(114-64-55(45(96)36(87)22(9-74)105-64)116-59-32(69-18(4)82)41(92)51(25(12-77)108-59)112-61-47(98)43(94)34(85)20(7-72)103-61)37(88)27(109-62)14-100-63-54(44(95)35(86)21(8-73)104-63)115-58-31(68-17(3)81)40(91)50(24(11-76)107-58)111-60-46(97)42(93)33(84)19(6-71)102-60/h19-27,29-64,71-78,84-99H,5-14H2,1-4H3,(H,66,79)(H,67,80)(H,68,81)(H,69,82)(H,70,83)/t19?,20?,21?,22?,23?,24?,25?,26?,27?,29?,30?,31?,32?,33-,34-,35+,36+,37+,38?,39?,40?,41?,42?,43?,44?,45?,46?,47?,48?,49+,50+,51+,52+,53?,54?,55?,56+,57-,58-,59-,60-,61-,62-,63-,64+/m0/s1. The Morgan fingerprint density at radius 3 is 0.879 bits per heavy atom. The fourth-order valence-electron chi connectivity index (χ4n) is 14.8. The number of carbonyl (C=O) groups is 5. The Kier molecular flexibility index (Phi) is 35.2. The molecule has 670 valence electrons. The van der Waals surface area contributed by atoms with Gasteiger partial charge >= 0.3 is 0 Å². The zero-order chi connectivity index (χ0) is 85.5. The quantitative estimate of drug-likeness (QED) is 0.0287. The molecule has 0 radical (unpaired) electrons. The van der Waals surface area contributed by atoms with Gasteiger partial charge in [-0.15, -0.1) is 0 Å². The predicted molar refractivity (Wildman–Crippen MR) is 363 cm³/mol. The van der Waals surface area contributed by atoms with Gasteiger partial charge in [-0.05, 0) is 0 Å². The first-order valence-corrected chi connectivity index (χ1v) is 37.9. The molecule has 52 heteroatoms. The summed E-state index contributed by atoms with van der Waals surface area (Å²) in [4.78, 5) is 64.0. The van der Waals surface area contributed by atoms with Crippen molar-refractivity contribution in [3.63, 3.8) is 0 Å². The van der Waals surface area contributed by atoms with Crippen molar-refractivity contribution in [2.45, 2.75) is 304 Å². The van der Waals surface area contributed by atoms with E-state index < -0.39 is 365 Å². The van der Waals surface area contributed by atoms with Gasteiger partial charge in [-0.25, -0.2) is 0 Å². The van der Waals surface area contributed by atoms with Crippen LogP contribution in [0.25, 0.3) is 0 Å². The van der Waals surface area contributed by atoms with Gasteiger partial charge in [-0.1, -0.05) is 15.9 Å². The maximum absolute atomic E-state index is 13.1. The topological polar surface area (TPSA) is 788 Å². The Balaban J connectivity index is 1.06. The Labute approximate surface area is 665 Å². The van der Waals surface area contributed by atoms with Crippen LogP contribution < -0.4 is 26.6 Å². The van der Waals surface area contributed by atoms with Crippen LogP contribution in [-0.2, 0) is 104 Å². The molecule has 9 aliphatic heterocycles. The monoisotopic (exact) mass is 1760 g/mol. The van der Waals surface area contributed by atoms with Gasteiger partial charge in [-0.3, -0.25) is 24.0 Å². The molecule has 0 aromatic rings. The van der Waals surface area contributed by atoms with Crippen LogP contribution in [0, 0.1) is 0 Å². The zero-order valence-corrected chi connectivity index (χ0v) is 63.7. The van der Waals surface area contributed by atoms with E-state index in [4.69, 9.17) is 80.5 Å². The summed E-state index contributed by atoms with van der Waals surface area (Å²) in [5.41, 5.74) is 0. The number of amides is 5. The number of aliphatic hydroxyl groups is 24. The molecule has 0 aliphatic carbocycles. The van der Waals surface area contributed by atoms with Gasteiger partial charge in [0.1, 0.15) is 219 Å². The van der Waals surface area contributed by atoms with Crippen LogP contribution in [0.2, 0.25) is 0 Å². The third-order valence-electron chi connectivity index (χ3n) is 20.8. The summed E-state index contributed by atoms with van der Waals surface area (Å²) in [5.74, 6) is -4.33. The van der Waals surface area contributed by atoms with Gasteiger partial charge in [0, 0.05) is 27.7 Å². The van der Waals surface area contributed by atoms with Crippen molar-refractivity contribution in [1.29, 1.82) is 0 Å². The summed E-state index contributed by atoms with van der Waals surface area (Å²) < 4.78 is 101. The van der Waals surface area contributed by atoms with Crippen molar-refractivity contribution in [3.05, 3.63) is 0 Å². The highest BCUT2D eigenvalue weighted by molar-refractivity contribution is 9.09. The number of rotatable bonds is 31. The summed E-state index contributed by atoms with van der Waals surface area (Å²) in [6, 6.07) is -7.36. The van der Waals surface area contributed by atoms with Crippen LogP contribution >= 0.6 is 15.9 Å². The van der Waals surface area contributed by atoms with Gasteiger partial charge in [0.05, 0.1) is 64.8 Å². The minimum atomic E-state index is -2.59. The van der Waals surface area contributed by atoms with Crippen molar-refractivity contribution in [1.82, 2.24) is 26.6 Å². The number of carbonyl (C=O) groups excluding carboxylic acids is 5. The lowest BCUT2D eigenvalue weighted by Crippen LogP contribution is -2.71. The van der Waals surface area contributed by atoms with E-state index in [-0.39, 0.29) is 5.33 Å². The van der Waals surface area contributed by atoms with Gasteiger partial charge < -0.3 is 230 Å². The highest BCUT2D eigenvalue weighted by Gasteiger charge is 2.61. The van der Waals surface area contributed by atoms with E-state index in [1.807, 2.05) is 0 Å². The van der Waals surface area contributed by atoms with E-state index in [9.17, 15) is 147 Å². The van der Waals surface area contributed by atoms with Gasteiger partial charge in [-0.2, -0.15) is 0 Å². The van der Waals surface area contributed by atoms with Crippen LogP contribution in [0.3, 0.4) is 0 Å². The van der Waals surface area contributed by atoms with Crippen LogP contribution in [0.4, 0.5) is 0 Å². The minimum Gasteiger partial charge on any atom is -0.394 e. The predicted octanol–water partition coefficient (Wildman–Crippen LogP) is -19.5. The van der Waals surface area contributed by atoms with Crippen LogP contribution in [0.15, 0.2) is 0 Å². The molecular formula is C64H106BrN5O46. The lowest BCUT2D eigenvalue weighted by Gasteiger charge is -2.51. The minimum absolute atomic E-state index is 0.299. The molecule has 9 aliphatic rings. The number of hydrogen-bond donors (Lipinski definition) is 29. The molecule has 9 rings (SSSR count). The van der Waals surface area contributed by atoms with Gasteiger partial charge in [0.2, 0.25) is 29.5 Å². The molecule has 116 heavy (non-hydrogen) atoms. The lowest BCUT2D eigenvalue weighted by atomic mass is 9.93. The Morgan fingerprint density at radius 2 is 0.526 bits per heavy atom. The molecule has 0 aromatic carbocycles. The molecule has 0 spiro atoms. The maximum atomic E-state index is 13.1. The highest BCUT2D eigenvalue weighted by Crippen LogP contribution is 2.40. The van der Waals surface area contributed by atoms with E-state index in [0.717, 1.165) is 27.7 Å². The van der Waals surface area contributed by atoms with Crippen LogP contribution in [-0.4, -0.2) is 493 Å². The van der Waals surface area contributed by atoms with E-state index >= 15 is 0 Å². The average molecular weight is 1760 g/mol. The second kappa shape index (κ2) is 42.5. The lowest BCUT2D eigenvalue weighted by molar-refractivity contribution is -0.398. The van der Waals surface area contributed by atoms with Crippen molar-refractivity contribution in [2.75, 3.05) is 64.8 Å². The summed E-state index contributed by atoms with van der Waals surface area (Å²) in [6.45, 7) is -6.03. The first-order chi connectivity index (χ1) is 54.9. The van der Waals surface area contributed by atoms with E-state index in [2.05, 4.69) is 42.5 Å². The number of ether oxygens (including phenoxy) is 17. The van der Waals surface area contributed by atoms with Crippen LogP contribution in [0.5, 0.6) is 0 Å². The summed E-state index contributed by atoms with van der Waals surface area (Å²) >= 11 is 2.98. The SMILES string of the molecule is CC(=O)NC1C(O)[C@H](O[C@@H]2OC(CO)[C@H](O)C(O)C2O)C(CO)O[C@H]1OC1C(O)[C@H](O)C(CO)O[C@@H]1OC1C(O)[C@H](O[C@@H]2C(CO)O[C@@H](O[C@@H]3C(CO)O[C@@H](NC(=O)CBr)C(NC(C)=O)C3O)C(NC(C)=O)C2O)OC(CO[C@H]2OC(CO)[C@@H](O)C(O)C2O[C@@H]2OC(CO)[C@@H](O[C@@H]3OC(CO)[C@H](O)C(O)C3O)C(O)C2NC(C)=O)[C@H]1O. The molecule has 51 nitrogen and oxygen atoms in total. The molecule has 29 N–H and O–H groups in total. The zero-order valence-electron chi connectivity index (χ0n) is 62.1. The Hall–Kier alpha value is -3.81. The summed E-state index contributed by atoms with van der Waals surface area (Å²) in [7, 11) is 0. The Morgan fingerprint density at radius 1 is 0.259 bits per heavy atom. The molecule has 9 fully saturated rings. The third-order valence-corrected chi connectivity index (χ3v) is 21.3. The normalized spacial score (nSPS) is 47.6. The number of hydrogen-bond acceptors (Lipinski definition) is 46. The first-order valence-electron chi connectivity index (χ1n) is 36.7. The highest BCUT2D eigenvalue weighted by atomic mass is 79.9. The van der Waals surface area contributed by atoms with E-state index in [1.54, 1.807) is 0 Å². The van der Waals surface area contributed by atoms with Gasteiger partial charge in [0.15, 0.2) is 56.5 Å². The third kappa shape index (κ3) is 21.5. The molecule has 9 saturated heterocycles. The fraction of sp³-hybridized carbons (Fsp3) is 0.922. The summed E-state index contributed by atoms with van der Waals surface area (Å²) in [6.07, 6.45) is -85.0. The second-order valence-corrected chi connectivity index (χ2v) is 29.5. The first kappa shape index (κ1) is 96.0. The van der Waals surface area contributed by atoms with Crippen LogP contribution in [0.1, 0.15) is 27.7 Å². The molecule has 0 saturated carbocycles. The number of halogens is 1. The fourth-order valence-corrected chi connectivity index (χ4v) is 15.0. The number of aliphatic hydroxyl groups excluding tert-OH is 24. The molecule has 27 unspecified atom stereocenters. The molecule has 0 bridgehead atoms. The molecular weight excluding hydrogens is 1650 g/mol. The average Bonchev–Trinajstić information content (AvgIpc) is 0.765. The molecule has 45 atom stereocenters. The number of nitrogens with one attached hydrogen (secondary N) is 5. The van der Waals surface area contributed by atoms with Gasteiger partial charge in [0.25, 0.3) is 0 Å². The van der Waals surface area contributed by atoms with Crippen molar-refractivity contribution >= 4 is 45.5 Å². The maximum Gasteiger partial charge on any atom is 0.232 e. The number of alkyl halides is 1. The largest absolute Gasteiger partial charge is 0.394 e. The Bertz CT molecular complexity index is 3120. The molecule has 0 aromatic heterocycles. The smallest absolute Gasteiger partial charge is 0.232 e. The molecule has 5 amide bonds. The van der Waals surface area contributed by atoms with E-state index in [0.29, 0.717) is 0 Å². The van der Waals surface area contributed by atoms with Crippen molar-refractivity contribution in [2.24, 2.45) is 0 Å².